The fourth-order valence-corrected chi connectivity index (χ4v) is 3.53. The molecule has 0 fully saturated rings. The molecule has 0 aliphatic carbocycles. The van der Waals surface area contributed by atoms with Crippen LogP contribution in [0.15, 0.2) is 34.8 Å². The van der Waals surface area contributed by atoms with Crippen LogP contribution in [-0.2, 0) is 12.8 Å². The first kappa shape index (κ1) is 14.1. The van der Waals surface area contributed by atoms with E-state index in [4.69, 9.17) is 5.73 Å². The van der Waals surface area contributed by atoms with Crippen LogP contribution in [0, 0.1) is 6.92 Å². The Hall–Kier alpha value is -1.86. The fourth-order valence-electron chi connectivity index (χ4n) is 1.79. The first-order valence-corrected chi connectivity index (χ1v) is 8.29. The molecule has 0 radical (unpaired) electrons. The molecule has 0 saturated carbocycles. The molecule has 108 valence electrons. The van der Waals surface area contributed by atoms with E-state index < -0.39 is 0 Å². The van der Waals surface area contributed by atoms with Crippen molar-refractivity contribution < 1.29 is 0 Å². The number of thiazole rings is 1. The molecular formula is C14H15N5S2. The summed E-state index contributed by atoms with van der Waals surface area (Å²) in [6.07, 6.45) is 0. The Bertz CT molecular complexity index is 745. The second-order valence-electron chi connectivity index (χ2n) is 4.70. The van der Waals surface area contributed by atoms with E-state index in [-0.39, 0.29) is 0 Å². The molecule has 0 aliphatic heterocycles. The maximum atomic E-state index is 5.66. The van der Waals surface area contributed by atoms with Crippen molar-refractivity contribution in [2.45, 2.75) is 17.8 Å². The van der Waals surface area contributed by atoms with Gasteiger partial charge in [-0.3, -0.25) is 4.57 Å². The van der Waals surface area contributed by atoms with Crippen molar-refractivity contribution in [1.29, 1.82) is 0 Å². The van der Waals surface area contributed by atoms with Crippen molar-refractivity contribution >= 4 is 29.0 Å². The molecular weight excluding hydrogens is 302 g/mol. The highest BCUT2D eigenvalue weighted by atomic mass is 32.2. The van der Waals surface area contributed by atoms with Gasteiger partial charge in [0.15, 0.2) is 5.16 Å². The van der Waals surface area contributed by atoms with Crippen molar-refractivity contribution in [3.05, 3.63) is 40.9 Å². The van der Waals surface area contributed by atoms with Crippen LogP contribution in [0.1, 0.15) is 11.3 Å². The largest absolute Gasteiger partial charge is 0.368 e. The van der Waals surface area contributed by atoms with Gasteiger partial charge in [0.05, 0.1) is 5.69 Å². The summed E-state index contributed by atoms with van der Waals surface area (Å²) in [4.78, 5) is 4.67. The predicted molar refractivity (Wildman–Crippen MR) is 87.3 cm³/mol. The molecule has 2 heterocycles. The third-order valence-corrected chi connectivity index (χ3v) is 5.06. The topological polar surface area (TPSA) is 69.6 Å². The summed E-state index contributed by atoms with van der Waals surface area (Å²) < 4.78 is 1.78. The zero-order valence-corrected chi connectivity index (χ0v) is 13.4. The van der Waals surface area contributed by atoms with Gasteiger partial charge in [0.1, 0.15) is 5.01 Å². The van der Waals surface area contributed by atoms with Gasteiger partial charge in [-0.25, -0.2) is 4.98 Å². The number of rotatable bonds is 4. The Balaban J connectivity index is 1.70. The Morgan fingerprint density at radius 3 is 2.67 bits per heavy atom. The average Bonchev–Trinajstić information content (AvgIpc) is 3.07. The second kappa shape index (κ2) is 5.87. The van der Waals surface area contributed by atoms with Crippen molar-refractivity contribution in [1.82, 2.24) is 19.7 Å². The third-order valence-electron chi connectivity index (χ3n) is 3.07. The van der Waals surface area contributed by atoms with Crippen LogP contribution < -0.4 is 5.73 Å². The highest BCUT2D eigenvalue weighted by Gasteiger charge is 2.09. The number of hydrogen-bond donors (Lipinski definition) is 1. The molecule has 0 atom stereocenters. The van der Waals surface area contributed by atoms with Crippen LogP contribution in [0.4, 0.5) is 5.95 Å². The predicted octanol–water partition coefficient (Wildman–Crippen LogP) is 3.12. The number of anilines is 1. The van der Waals surface area contributed by atoms with E-state index in [1.807, 2.05) is 7.05 Å². The molecule has 5 nitrogen and oxygen atoms in total. The highest BCUT2D eigenvalue weighted by Crippen LogP contribution is 2.27. The van der Waals surface area contributed by atoms with Gasteiger partial charge in [-0.05, 0) is 6.92 Å². The fraction of sp³-hybridized carbons (Fsp3) is 0.214. The van der Waals surface area contributed by atoms with Crippen LogP contribution in [0.25, 0.3) is 10.6 Å². The van der Waals surface area contributed by atoms with Crippen molar-refractivity contribution in [3.63, 3.8) is 0 Å². The number of hydrogen-bond acceptors (Lipinski definition) is 6. The summed E-state index contributed by atoms with van der Waals surface area (Å²) in [5.74, 6) is 1.19. The highest BCUT2D eigenvalue weighted by molar-refractivity contribution is 7.98. The molecule has 1 aromatic carbocycles. The Morgan fingerprint density at radius 2 is 2.00 bits per heavy atom. The second-order valence-corrected chi connectivity index (χ2v) is 6.50. The zero-order chi connectivity index (χ0) is 14.8. The lowest BCUT2D eigenvalue weighted by molar-refractivity contribution is 0.795. The molecule has 0 aliphatic rings. The smallest absolute Gasteiger partial charge is 0.222 e. The molecule has 0 bridgehead atoms. The number of benzene rings is 1. The van der Waals surface area contributed by atoms with Crippen LogP contribution in [0.2, 0.25) is 0 Å². The van der Waals surface area contributed by atoms with Gasteiger partial charge in [0.25, 0.3) is 0 Å². The molecule has 0 spiro atoms. The summed E-state index contributed by atoms with van der Waals surface area (Å²) in [5.41, 5.74) is 9.12. The number of aryl methyl sites for hydroxylation is 1. The maximum absolute atomic E-state index is 5.66. The molecule has 21 heavy (non-hydrogen) atoms. The average molecular weight is 317 g/mol. The molecule has 0 amide bonds. The molecule has 3 rings (SSSR count). The summed E-state index contributed by atoms with van der Waals surface area (Å²) in [5, 5.41) is 11.8. The van der Waals surface area contributed by atoms with E-state index in [9.17, 15) is 0 Å². The third kappa shape index (κ3) is 3.08. The van der Waals surface area contributed by atoms with Crippen LogP contribution in [0.3, 0.4) is 0 Å². The minimum atomic E-state index is 0.427. The van der Waals surface area contributed by atoms with Gasteiger partial charge >= 0.3 is 0 Å². The number of nitrogens with zero attached hydrogens (tertiary/aromatic N) is 4. The normalized spacial score (nSPS) is 11.0. The quantitative estimate of drug-likeness (QED) is 0.749. The maximum Gasteiger partial charge on any atom is 0.222 e. The number of nitrogens with two attached hydrogens (primary N) is 1. The van der Waals surface area contributed by atoms with Gasteiger partial charge in [-0.2, -0.15) is 0 Å². The molecule has 7 heteroatoms. The number of aromatic nitrogens is 4. The van der Waals surface area contributed by atoms with Gasteiger partial charge in [-0.15, -0.1) is 21.5 Å². The van der Waals surface area contributed by atoms with Crippen LogP contribution in [-0.4, -0.2) is 19.7 Å². The molecule has 2 aromatic heterocycles. The van der Waals surface area contributed by atoms with Crippen molar-refractivity contribution in [2.75, 3.05) is 5.73 Å². The monoisotopic (exact) mass is 317 g/mol. The lowest BCUT2D eigenvalue weighted by Crippen LogP contribution is -1.98. The van der Waals surface area contributed by atoms with Gasteiger partial charge in [0.2, 0.25) is 5.95 Å². The van der Waals surface area contributed by atoms with E-state index in [0.29, 0.717) is 5.95 Å². The van der Waals surface area contributed by atoms with Crippen molar-refractivity contribution in [3.8, 4) is 10.6 Å². The van der Waals surface area contributed by atoms with E-state index in [2.05, 4.69) is 51.8 Å². The SMILES string of the molecule is Cc1ccc(-c2nc(CSc3nnc(N)n3C)cs2)cc1. The molecule has 3 aromatic rings. The number of thioether (sulfide) groups is 1. The van der Waals surface area contributed by atoms with Gasteiger partial charge in [-0.1, -0.05) is 41.6 Å². The lowest BCUT2D eigenvalue weighted by atomic mass is 10.2. The van der Waals surface area contributed by atoms with Gasteiger partial charge in [0, 0.05) is 23.7 Å². The van der Waals surface area contributed by atoms with E-state index in [0.717, 1.165) is 27.2 Å². The Labute approximate surface area is 131 Å². The Kier molecular flexibility index (Phi) is 3.94. The van der Waals surface area contributed by atoms with Gasteiger partial charge < -0.3 is 5.73 Å². The van der Waals surface area contributed by atoms with Crippen LogP contribution >= 0.6 is 23.1 Å². The van der Waals surface area contributed by atoms with Crippen molar-refractivity contribution in [2.24, 2.45) is 7.05 Å². The standard InChI is InChI=1S/C14H15N5S2/c1-9-3-5-10(6-4-9)12-16-11(7-20-12)8-21-14-18-17-13(15)19(14)2/h3-7H,8H2,1-2H3,(H2,15,17). The first-order valence-electron chi connectivity index (χ1n) is 6.42. The minimum absolute atomic E-state index is 0.427. The summed E-state index contributed by atoms with van der Waals surface area (Å²) >= 11 is 3.25. The minimum Gasteiger partial charge on any atom is -0.368 e. The molecule has 2 N–H and O–H groups in total. The van der Waals surface area contributed by atoms with E-state index in [1.54, 1.807) is 27.7 Å². The van der Waals surface area contributed by atoms with E-state index >= 15 is 0 Å². The summed E-state index contributed by atoms with van der Waals surface area (Å²) in [6, 6.07) is 8.42. The Morgan fingerprint density at radius 1 is 1.24 bits per heavy atom. The zero-order valence-electron chi connectivity index (χ0n) is 11.8. The first-order chi connectivity index (χ1) is 10.1. The van der Waals surface area contributed by atoms with E-state index in [1.165, 1.54) is 5.56 Å². The lowest BCUT2D eigenvalue weighted by Gasteiger charge is -1.99. The van der Waals surface area contributed by atoms with Crippen LogP contribution in [0.5, 0.6) is 0 Å². The molecule has 0 saturated heterocycles. The summed E-state index contributed by atoms with van der Waals surface area (Å²) in [7, 11) is 1.86. The number of nitrogen functional groups attached to an aromatic ring is 1. The summed E-state index contributed by atoms with van der Waals surface area (Å²) in [6.45, 7) is 2.08. The molecule has 0 unspecified atom stereocenters.